The van der Waals surface area contributed by atoms with Crippen molar-refractivity contribution in [1.29, 1.82) is 0 Å². The van der Waals surface area contributed by atoms with E-state index in [4.69, 9.17) is 0 Å². The van der Waals surface area contributed by atoms with Gasteiger partial charge in [0.2, 0.25) is 0 Å². The second-order valence-electron chi connectivity index (χ2n) is 4.91. The molecule has 2 rings (SSSR count). The quantitative estimate of drug-likeness (QED) is 0.883. The Hall–Kier alpha value is -2.20. The first-order chi connectivity index (χ1) is 10.1. The number of aryl methyl sites for hydroxylation is 1. The third-order valence-corrected chi connectivity index (χ3v) is 3.16. The number of hydrogen-bond donors (Lipinski definition) is 2. The zero-order chi connectivity index (χ0) is 15.2. The lowest BCUT2D eigenvalue weighted by Gasteiger charge is -2.08. The molecule has 21 heavy (non-hydrogen) atoms. The number of halogens is 1. The van der Waals surface area contributed by atoms with Crippen molar-refractivity contribution < 1.29 is 9.18 Å². The molecule has 0 saturated heterocycles. The van der Waals surface area contributed by atoms with Crippen molar-refractivity contribution in [3.05, 3.63) is 65.0 Å². The van der Waals surface area contributed by atoms with Crippen molar-refractivity contribution >= 4 is 11.6 Å². The zero-order valence-corrected chi connectivity index (χ0v) is 12.2. The first kappa shape index (κ1) is 15.2. The topological polar surface area (TPSA) is 41.1 Å². The summed E-state index contributed by atoms with van der Waals surface area (Å²) in [6.45, 7) is 5.53. The molecule has 0 aliphatic heterocycles. The molecular formula is C17H19FN2O. The van der Waals surface area contributed by atoms with Gasteiger partial charge in [0.05, 0.1) is 5.56 Å². The van der Waals surface area contributed by atoms with Gasteiger partial charge < -0.3 is 10.6 Å². The zero-order valence-electron chi connectivity index (χ0n) is 12.2. The van der Waals surface area contributed by atoms with Gasteiger partial charge in [0, 0.05) is 12.2 Å². The van der Waals surface area contributed by atoms with Crippen LogP contribution in [0, 0.1) is 12.7 Å². The summed E-state index contributed by atoms with van der Waals surface area (Å²) in [5, 5.41) is 5.93. The molecule has 0 unspecified atom stereocenters. The van der Waals surface area contributed by atoms with Crippen molar-refractivity contribution in [2.75, 3.05) is 11.9 Å². The summed E-state index contributed by atoms with van der Waals surface area (Å²) >= 11 is 0. The van der Waals surface area contributed by atoms with Crippen LogP contribution in [0.4, 0.5) is 10.1 Å². The molecule has 0 aliphatic carbocycles. The van der Waals surface area contributed by atoms with Crippen LogP contribution in [0.25, 0.3) is 0 Å². The van der Waals surface area contributed by atoms with E-state index in [-0.39, 0.29) is 5.56 Å². The summed E-state index contributed by atoms with van der Waals surface area (Å²) in [5.74, 6) is -0.941. The molecule has 0 fully saturated rings. The molecule has 2 aromatic rings. The van der Waals surface area contributed by atoms with Gasteiger partial charge in [-0.25, -0.2) is 4.39 Å². The minimum Gasteiger partial charge on any atom is -0.322 e. The fourth-order valence-electron chi connectivity index (χ4n) is 1.98. The highest BCUT2D eigenvalue weighted by Crippen LogP contribution is 2.14. The minimum atomic E-state index is -0.503. The summed E-state index contributed by atoms with van der Waals surface area (Å²) in [6, 6.07) is 12.1. The van der Waals surface area contributed by atoms with Gasteiger partial charge in [-0.3, -0.25) is 4.79 Å². The average molecular weight is 286 g/mol. The predicted octanol–water partition coefficient (Wildman–Crippen LogP) is 3.50. The van der Waals surface area contributed by atoms with Crippen molar-refractivity contribution in [1.82, 2.24) is 5.32 Å². The van der Waals surface area contributed by atoms with E-state index in [1.807, 2.05) is 31.2 Å². The fourth-order valence-corrected chi connectivity index (χ4v) is 1.98. The predicted molar refractivity (Wildman–Crippen MR) is 82.9 cm³/mol. The lowest BCUT2D eigenvalue weighted by molar-refractivity contribution is 0.102. The van der Waals surface area contributed by atoms with Crippen LogP contribution < -0.4 is 10.6 Å². The molecule has 4 heteroatoms. The summed E-state index contributed by atoms with van der Waals surface area (Å²) in [7, 11) is 0. The molecule has 1 amide bonds. The Morgan fingerprint density at radius 3 is 2.48 bits per heavy atom. The monoisotopic (exact) mass is 286 g/mol. The number of carbonyl (C=O) groups is 1. The van der Waals surface area contributed by atoms with Gasteiger partial charge in [-0.05, 0) is 48.9 Å². The third kappa shape index (κ3) is 4.13. The largest absolute Gasteiger partial charge is 0.322 e. The molecule has 0 heterocycles. The molecule has 110 valence electrons. The Kier molecular flexibility index (Phi) is 5.06. The molecule has 0 aromatic heterocycles. The minimum absolute atomic E-state index is 0.0531. The van der Waals surface area contributed by atoms with Crippen LogP contribution in [-0.4, -0.2) is 12.5 Å². The lowest BCUT2D eigenvalue weighted by Crippen LogP contribution is -2.14. The van der Waals surface area contributed by atoms with Gasteiger partial charge in [0.25, 0.3) is 5.91 Å². The van der Waals surface area contributed by atoms with Crippen molar-refractivity contribution in [2.24, 2.45) is 0 Å². The van der Waals surface area contributed by atoms with E-state index in [2.05, 4.69) is 10.6 Å². The van der Waals surface area contributed by atoms with Gasteiger partial charge in [0.1, 0.15) is 5.82 Å². The summed E-state index contributed by atoms with van der Waals surface area (Å²) in [4.78, 5) is 12.0. The highest BCUT2D eigenvalue weighted by molar-refractivity contribution is 6.04. The lowest BCUT2D eigenvalue weighted by atomic mass is 10.1. The maximum atomic E-state index is 13.7. The van der Waals surface area contributed by atoms with E-state index in [9.17, 15) is 9.18 Å². The average Bonchev–Trinajstić information content (AvgIpc) is 2.46. The number of anilines is 1. The molecular weight excluding hydrogens is 267 g/mol. The van der Waals surface area contributed by atoms with Crippen molar-refractivity contribution in [3.63, 3.8) is 0 Å². The van der Waals surface area contributed by atoms with Crippen LogP contribution in [-0.2, 0) is 6.54 Å². The standard InChI is InChI=1S/C17H19FN2O/c1-3-19-11-13-5-7-14(8-6-13)20-17(21)15-9-4-12(2)10-16(15)18/h4-10,19H,3,11H2,1-2H3,(H,20,21). The van der Waals surface area contributed by atoms with Crippen LogP contribution in [0.1, 0.15) is 28.4 Å². The molecule has 0 aliphatic rings. The maximum absolute atomic E-state index is 13.7. The fraction of sp³-hybridized carbons (Fsp3) is 0.235. The summed E-state index contributed by atoms with van der Waals surface area (Å²) in [6.07, 6.45) is 0. The highest BCUT2D eigenvalue weighted by Gasteiger charge is 2.11. The van der Waals surface area contributed by atoms with Gasteiger partial charge in [-0.15, -0.1) is 0 Å². The molecule has 2 N–H and O–H groups in total. The molecule has 0 radical (unpaired) electrons. The van der Waals surface area contributed by atoms with Crippen LogP contribution >= 0.6 is 0 Å². The van der Waals surface area contributed by atoms with Crippen molar-refractivity contribution in [3.8, 4) is 0 Å². The smallest absolute Gasteiger partial charge is 0.258 e. The normalized spacial score (nSPS) is 10.4. The maximum Gasteiger partial charge on any atom is 0.258 e. The molecule has 0 saturated carbocycles. The number of benzene rings is 2. The van der Waals surface area contributed by atoms with Gasteiger partial charge >= 0.3 is 0 Å². The third-order valence-electron chi connectivity index (χ3n) is 3.16. The number of nitrogens with one attached hydrogen (secondary N) is 2. The first-order valence-corrected chi connectivity index (χ1v) is 6.97. The van der Waals surface area contributed by atoms with Gasteiger partial charge in [-0.1, -0.05) is 25.1 Å². The van der Waals surface area contributed by atoms with Gasteiger partial charge in [0.15, 0.2) is 0 Å². The van der Waals surface area contributed by atoms with Crippen LogP contribution in [0.15, 0.2) is 42.5 Å². The Morgan fingerprint density at radius 2 is 1.86 bits per heavy atom. The Bertz CT molecular complexity index is 623. The van der Waals surface area contributed by atoms with Crippen LogP contribution in [0.2, 0.25) is 0 Å². The number of carbonyl (C=O) groups excluding carboxylic acids is 1. The first-order valence-electron chi connectivity index (χ1n) is 6.97. The van der Waals surface area contributed by atoms with E-state index in [1.165, 1.54) is 12.1 Å². The second kappa shape index (κ2) is 6.99. The van der Waals surface area contributed by atoms with E-state index < -0.39 is 11.7 Å². The van der Waals surface area contributed by atoms with Crippen LogP contribution in [0.5, 0.6) is 0 Å². The van der Waals surface area contributed by atoms with E-state index in [1.54, 1.807) is 13.0 Å². The summed E-state index contributed by atoms with van der Waals surface area (Å²) in [5.41, 5.74) is 2.63. The van der Waals surface area contributed by atoms with Crippen molar-refractivity contribution in [2.45, 2.75) is 20.4 Å². The Morgan fingerprint density at radius 1 is 1.14 bits per heavy atom. The van der Waals surface area contributed by atoms with Crippen LogP contribution in [0.3, 0.4) is 0 Å². The molecule has 0 atom stereocenters. The Labute approximate surface area is 124 Å². The number of rotatable bonds is 5. The van der Waals surface area contributed by atoms with Gasteiger partial charge in [-0.2, -0.15) is 0 Å². The second-order valence-corrected chi connectivity index (χ2v) is 4.91. The highest BCUT2D eigenvalue weighted by atomic mass is 19.1. The van der Waals surface area contributed by atoms with E-state index in [0.717, 1.165) is 24.2 Å². The molecule has 3 nitrogen and oxygen atoms in total. The number of hydrogen-bond acceptors (Lipinski definition) is 2. The summed E-state index contributed by atoms with van der Waals surface area (Å²) < 4.78 is 13.7. The molecule has 0 bridgehead atoms. The Balaban J connectivity index is 2.05. The molecule has 0 spiro atoms. The van der Waals surface area contributed by atoms with E-state index >= 15 is 0 Å². The van der Waals surface area contributed by atoms with E-state index in [0.29, 0.717) is 5.69 Å². The number of amides is 1. The molecule has 2 aromatic carbocycles. The SMILES string of the molecule is CCNCc1ccc(NC(=O)c2ccc(C)cc2F)cc1.